The molecule has 8 nitrogen and oxygen atoms in total. The second-order valence-corrected chi connectivity index (χ2v) is 6.33. The summed E-state index contributed by atoms with van der Waals surface area (Å²) >= 11 is 0. The van der Waals surface area contributed by atoms with Crippen molar-refractivity contribution in [1.82, 2.24) is 4.57 Å². The van der Waals surface area contributed by atoms with Crippen LogP contribution in [0.5, 0.6) is 11.5 Å². The number of methoxy groups -OCH3 is 3. The van der Waals surface area contributed by atoms with Gasteiger partial charge in [-0.1, -0.05) is 0 Å². The molecule has 0 atom stereocenters. The van der Waals surface area contributed by atoms with Crippen molar-refractivity contribution in [2.24, 2.45) is 0 Å². The summed E-state index contributed by atoms with van der Waals surface area (Å²) in [5.41, 5.74) is 2.14. The molecule has 156 valence electrons. The second kappa shape index (κ2) is 9.77. The fourth-order valence-electron chi connectivity index (χ4n) is 2.99. The number of hydrogen-bond donors (Lipinski definition) is 0. The van der Waals surface area contributed by atoms with Crippen molar-refractivity contribution in [3.8, 4) is 11.5 Å². The number of ether oxygens (including phenoxy) is 4. The van der Waals surface area contributed by atoms with Crippen LogP contribution in [0, 0.1) is 13.8 Å². The first-order chi connectivity index (χ1) is 13.8. The van der Waals surface area contributed by atoms with Gasteiger partial charge in [-0.3, -0.25) is 9.59 Å². The number of esters is 2. The molecule has 2 aromatic rings. The molecule has 0 aliphatic rings. The first kappa shape index (κ1) is 22.0. The summed E-state index contributed by atoms with van der Waals surface area (Å²) < 4.78 is 22.0. The number of carbonyl (C=O) groups excluding carboxylic acids is 3. The van der Waals surface area contributed by atoms with E-state index in [9.17, 15) is 14.4 Å². The van der Waals surface area contributed by atoms with Gasteiger partial charge in [0.15, 0.2) is 6.61 Å². The lowest BCUT2D eigenvalue weighted by atomic mass is 10.1. The van der Waals surface area contributed by atoms with Crippen LogP contribution in [-0.2, 0) is 20.8 Å². The van der Waals surface area contributed by atoms with Crippen molar-refractivity contribution in [2.45, 2.75) is 26.8 Å². The van der Waals surface area contributed by atoms with Crippen molar-refractivity contribution < 1.29 is 33.3 Å². The van der Waals surface area contributed by atoms with E-state index in [1.54, 1.807) is 25.1 Å². The molecule has 0 fully saturated rings. The summed E-state index contributed by atoms with van der Waals surface area (Å²) in [4.78, 5) is 36.4. The van der Waals surface area contributed by atoms with Crippen LogP contribution in [0.4, 0.5) is 0 Å². The predicted molar refractivity (Wildman–Crippen MR) is 105 cm³/mol. The van der Waals surface area contributed by atoms with E-state index in [1.807, 2.05) is 11.5 Å². The van der Waals surface area contributed by atoms with E-state index >= 15 is 0 Å². The van der Waals surface area contributed by atoms with Crippen molar-refractivity contribution in [2.75, 3.05) is 27.9 Å². The molecule has 0 amide bonds. The second-order valence-electron chi connectivity index (χ2n) is 6.33. The van der Waals surface area contributed by atoms with Crippen molar-refractivity contribution in [3.05, 3.63) is 46.8 Å². The quantitative estimate of drug-likeness (QED) is 0.469. The van der Waals surface area contributed by atoms with E-state index in [1.165, 1.54) is 27.4 Å². The minimum atomic E-state index is -0.686. The number of ketones is 1. The number of rotatable bonds is 9. The molecule has 0 unspecified atom stereocenters. The fourth-order valence-corrected chi connectivity index (χ4v) is 2.99. The van der Waals surface area contributed by atoms with Gasteiger partial charge in [-0.05, 0) is 38.1 Å². The number of aromatic nitrogens is 1. The van der Waals surface area contributed by atoms with Gasteiger partial charge < -0.3 is 23.5 Å². The normalized spacial score (nSPS) is 10.4. The lowest BCUT2D eigenvalue weighted by molar-refractivity contribution is -0.140. The zero-order valence-electron chi connectivity index (χ0n) is 17.2. The molecule has 0 saturated carbocycles. The largest absolute Gasteiger partial charge is 0.497 e. The zero-order chi connectivity index (χ0) is 21.6. The Morgan fingerprint density at radius 2 is 1.69 bits per heavy atom. The van der Waals surface area contributed by atoms with Gasteiger partial charge in [0, 0.05) is 23.5 Å². The Kier molecular flexibility index (Phi) is 7.41. The smallest absolute Gasteiger partial charge is 0.342 e. The fraction of sp³-hybridized carbons (Fsp3) is 0.381. The molecule has 29 heavy (non-hydrogen) atoms. The third kappa shape index (κ3) is 5.16. The van der Waals surface area contributed by atoms with Gasteiger partial charge in [0.1, 0.15) is 17.1 Å². The summed E-state index contributed by atoms with van der Waals surface area (Å²) in [7, 11) is 4.25. The molecular formula is C21H25NO7. The Labute approximate surface area is 169 Å². The van der Waals surface area contributed by atoms with Gasteiger partial charge in [-0.15, -0.1) is 0 Å². The van der Waals surface area contributed by atoms with Crippen LogP contribution in [0.2, 0.25) is 0 Å². The average molecular weight is 403 g/mol. The minimum Gasteiger partial charge on any atom is -0.497 e. The Hall–Kier alpha value is -3.29. The van der Waals surface area contributed by atoms with E-state index < -0.39 is 12.6 Å². The standard InChI is InChI=1S/C21H25NO7/c1-13-10-16(14(2)22(13)9-8-20(24)28-5)18(23)12-29-21(25)17-11-15(26-3)6-7-19(17)27-4/h6-7,10-11H,8-9,12H2,1-5H3. The number of Topliss-reactive ketones (excluding diaryl/α,β-unsaturated/α-hetero) is 1. The number of nitrogens with zero attached hydrogens (tertiary/aromatic N) is 1. The molecule has 0 radical (unpaired) electrons. The van der Waals surface area contributed by atoms with Gasteiger partial charge in [-0.25, -0.2) is 4.79 Å². The van der Waals surface area contributed by atoms with E-state index in [2.05, 4.69) is 4.74 Å². The number of hydrogen-bond acceptors (Lipinski definition) is 7. The van der Waals surface area contributed by atoms with Crippen molar-refractivity contribution >= 4 is 17.7 Å². The molecule has 1 aromatic heterocycles. The highest BCUT2D eigenvalue weighted by Gasteiger charge is 2.20. The Morgan fingerprint density at radius 1 is 0.966 bits per heavy atom. The minimum absolute atomic E-state index is 0.170. The third-order valence-electron chi connectivity index (χ3n) is 4.60. The van der Waals surface area contributed by atoms with E-state index in [0.717, 1.165) is 5.69 Å². The number of aryl methyl sites for hydroxylation is 1. The Balaban J connectivity index is 2.10. The molecule has 0 aliphatic carbocycles. The van der Waals surface area contributed by atoms with E-state index in [4.69, 9.17) is 14.2 Å². The van der Waals surface area contributed by atoms with Gasteiger partial charge in [0.2, 0.25) is 5.78 Å². The Morgan fingerprint density at radius 3 is 2.31 bits per heavy atom. The highest BCUT2D eigenvalue weighted by molar-refractivity contribution is 6.01. The summed E-state index contributed by atoms with van der Waals surface area (Å²) in [6.07, 6.45) is 0.200. The van der Waals surface area contributed by atoms with E-state index in [0.29, 0.717) is 29.3 Å². The van der Waals surface area contributed by atoms with Crippen LogP contribution in [0.15, 0.2) is 24.3 Å². The summed E-state index contributed by atoms with van der Waals surface area (Å²) in [6, 6.07) is 6.45. The molecule has 0 aliphatic heterocycles. The van der Waals surface area contributed by atoms with Crippen molar-refractivity contribution in [3.63, 3.8) is 0 Å². The number of carbonyl (C=O) groups is 3. The summed E-state index contributed by atoms with van der Waals surface area (Å²) in [6.45, 7) is 3.61. The van der Waals surface area contributed by atoms with Crippen molar-refractivity contribution in [1.29, 1.82) is 0 Å². The third-order valence-corrected chi connectivity index (χ3v) is 4.60. The lowest BCUT2D eigenvalue weighted by Crippen LogP contribution is -2.16. The first-order valence-electron chi connectivity index (χ1n) is 8.98. The number of benzene rings is 1. The highest BCUT2D eigenvalue weighted by Crippen LogP contribution is 2.25. The molecule has 2 rings (SSSR count). The Bertz CT molecular complexity index is 914. The highest BCUT2D eigenvalue weighted by atomic mass is 16.5. The summed E-state index contributed by atoms with van der Waals surface area (Å²) in [5, 5.41) is 0. The molecule has 0 spiro atoms. The molecule has 1 heterocycles. The SMILES string of the molecule is COC(=O)CCn1c(C)cc(C(=O)COC(=O)c2cc(OC)ccc2OC)c1C. The molecule has 1 aromatic carbocycles. The van der Waals surface area contributed by atoms with Gasteiger partial charge in [0.25, 0.3) is 0 Å². The zero-order valence-corrected chi connectivity index (χ0v) is 17.2. The lowest BCUT2D eigenvalue weighted by Gasteiger charge is -2.10. The molecule has 0 N–H and O–H groups in total. The first-order valence-corrected chi connectivity index (χ1v) is 8.98. The van der Waals surface area contributed by atoms with Crippen LogP contribution in [0.1, 0.15) is 38.5 Å². The topological polar surface area (TPSA) is 93.1 Å². The maximum absolute atomic E-state index is 12.6. The molecular weight excluding hydrogens is 378 g/mol. The van der Waals surface area contributed by atoms with Crippen LogP contribution < -0.4 is 9.47 Å². The maximum Gasteiger partial charge on any atom is 0.342 e. The summed E-state index contributed by atoms with van der Waals surface area (Å²) in [5.74, 6) is -0.555. The molecule has 0 bridgehead atoms. The van der Waals surface area contributed by atoms with Crippen LogP contribution >= 0.6 is 0 Å². The van der Waals surface area contributed by atoms with Gasteiger partial charge in [0.05, 0.1) is 27.8 Å². The van der Waals surface area contributed by atoms with E-state index in [-0.39, 0.29) is 23.7 Å². The maximum atomic E-state index is 12.6. The van der Waals surface area contributed by atoms with Crippen LogP contribution in [0.3, 0.4) is 0 Å². The predicted octanol–water partition coefficient (Wildman–Crippen LogP) is 2.72. The molecule has 8 heteroatoms. The monoisotopic (exact) mass is 403 g/mol. The van der Waals surface area contributed by atoms with Crippen LogP contribution in [0.25, 0.3) is 0 Å². The van der Waals surface area contributed by atoms with Gasteiger partial charge >= 0.3 is 11.9 Å². The molecule has 0 saturated heterocycles. The van der Waals surface area contributed by atoms with Crippen LogP contribution in [-0.4, -0.2) is 50.2 Å². The average Bonchev–Trinajstić information content (AvgIpc) is 3.02. The van der Waals surface area contributed by atoms with Gasteiger partial charge in [-0.2, -0.15) is 0 Å².